The van der Waals surface area contributed by atoms with Crippen LogP contribution in [0.1, 0.15) is 19.8 Å². The second-order valence-corrected chi connectivity index (χ2v) is 2.97. The van der Waals surface area contributed by atoms with Gasteiger partial charge in [-0.3, -0.25) is 4.79 Å². The molecule has 0 atom stereocenters. The van der Waals surface area contributed by atoms with E-state index in [0.717, 1.165) is 25.0 Å². The number of hydrogen-bond donors (Lipinski definition) is 0. The van der Waals surface area contributed by atoms with Gasteiger partial charge in [-0.05, 0) is 13.3 Å². The molecule has 1 saturated heterocycles. The Bertz CT molecular complexity index is 184. The van der Waals surface area contributed by atoms with Crippen LogP contribution in [0.3, 0.4) is 0 Å². The Labute approximate surface area is 74.6 Å². The van der Waals surface area contributed by atoms with Crippen LogP contribution in [-0.4, -0.2) is 24.4 Å². The molecule has 2 heteroatoms. The Kier molecular flexibility index (Phi) is 5.09. The normalized spacial score (nSPS) is 15.2. The molecule has 0 N–H and O–H groups in total. The Balaban J connectivity index is 0.000000217. The molecule has 0 aromatic heterocycles. The van der Waals surface area contributed by atoms with Crippen LogP contribution >= 0.6 is 0 Å². The molecule has 0 aliphatic carbocycles. The van der Waals surface area contributed by atoms with E-state index in [1.807, 2.05) is 14.0 Å². The standard InChI is InChI=1S/C5H9NO.C5H8/c1-6-4-2-3-5(6)7;1-4-5(2)3/h2-4H2,1H3;4H,1-2H2,3H3. The summed E-state index contributed by atoms with van der Waals surface area (Å²) in [5, 5.41) is 0. The van der Waals surface area contributed by atoms with Crippen molar-refractivity contribution < 1.29 is 4.79 Å². The van der Waals surface area contributed by atoms with E-state index in [1.54, 1.807) is 11.0 Å². The minimum atomic E-state index is 0.292. The fourth-order valence-corrected chi connectivity index (χ4v) is 0.783. The summed E-state index contributed by atoms with van der Waals surface area (Å²) in [6, 6.07) is 0. The second-order valence-electron chi connectivity index (χ2n) is 2.97. The fraction of sp³-hybridized carbons (Fsp3) is 0.500. The van der Waals surface area contributed by atoms with Gasteiger partial charge in [0.05, 0.1) is 0 Å². The van der Waals surface area contributed by atoms with Crippen molar-refractivity contribution in [3.8, 4) is 0 Å². The first-order valence-corrected chi connectivity index (χ1v) is 4.10. The summed E-state index contributed by atoms with van der Waals surface area (Å²) in [5.74, 6) is 0.292. The molecule has 0 unspecified atom stereocenters. The average Bonchev–Trinajstić information content (AvgIpc) is 2.37. The molecule has 0 radical (unpaired) electrons. The van der Waals surface area contributed by atoms with E-state index >= 15 is 0 Å². The minimum Gasteiger partial charge on any atom is -0.346 e. The van der Waals surface area contributed by atoms with Crippen LogP contribution in [0.2, 0.25) is 0 Å². The van der Waals surface area contributed by atoms with Gasteiger partial charge < -0.3 is 4.90 Å². The topological polar surface area (TPSA) is 20.3 Å². The van der Waals surface area contributed by atoms with Gasteiger partial charge in [-0.1, -0.05) is 24.8 Å². The number of allylic oxidation sites excluding steroid dienone is 2. The van der Waals surface area contributed by atoms with E-state index in [0.29, 0.717) is 5.91 Å². The highest BCUT2D eigenvalue weighted by Crippen LogP contribution is 2.04. The molecule has 1 heterocycles. The highest BCUT2D eigenvalue weighted by atomic mass is 16.2. The third-order valence-corrected chi connectivity index (χ3v) is 1.66. The largest absolute Gasteiger partial charge is 0.346 e. The summed E-state index contributed by atoms with van der Waals surface area (Å²) in [5.41, 5.74) is 1.02. The van der Waals surface area contributed by atoms with Crippen LogP contribution < -0.4 is 0 Å². The molecular formula is C10H17NO. The summed E-state index contributed by atoms with van der Waals surface area (Å²) in [4.78, 5) is 12.3. The first-order chi connectivity index (χ1) is 5.57. The van der Waals surface area contributed by atoms with Crippen molar-refractivity contribution in [1.82, 2.24) is 4.90 Å². The van der Waals surface area contributed by atoms with Crippen LogP contribution in [0, 0.1) is 0 Å². The number of nitrogens with zero attached hydrogens (tertiary/aromatic N) is 1. The van der Waals surface area contributed by atoms with Crippen molar-refractivity contribution in [1.29, 1.82) is 0 Å². The molecule has 0 aromatic carbocycles. The fourth-order valence-electron chi connectivity index (χ4n) is 0.783. The van der Waals surface area contributed by atoms with E-state index in [-0.39, 0.29) is 0 Å². The highest BCUT2D eigenvalue weighted by Gasteiger charge is 2.14. The smallest absolute Gasteiger partial charge is 0.222 e. The molecule has 1 aliphatic rings. The first-order valence-electron chi connectivity index (χ1n) is 4.10. The minimum absolute atomic E-state index is 0.292. The molecule has 1 rings (SSSR count). The third kappa shape index (κ3) is 4.72. The van der Waals surface area contributed by atoms with E-state index in [1.165, 1.54) is 0 Å². The lowest BCUT2D eigenvalue weighted by atomic mass is 10.4. The van der Waals surface area contributed by atoms with Gasteiger partial charge in [0.25, 0.3) is 0 Å². The van der Waals surface area contributed by atoms with Crippen LogP contribution in [0.15, 0.2) is 24.8 Å². The maximum absolute atomic E-state index is 10.5. The maximum Gasteiger partial charge on any atom is 0.222 e. The number of carbonyl (C=O) groups is 1. The van der Waals surface area contributed by atoms with Gasteiger partial charge in [-0.2, -0.15) is 0 Å². The predicted molar refractivity (Wildman–Crippen MR) is 51.9 cm³/mol. The predicted octanol–water partition coefficient (Wildman–Crippen LogP) is 1.99. The van der Waals surface area contributed by atoms with Gasteiger partial charge in [0.1, 0.15) is 0 Å². The molecule has 12 heavy (non-hydrogen) atoms. The molecule has 0 saturated carbocycles. The van der Waals surface area contributed by atoms with Crippen LogP contribution in [0.5, 0.6) is 0 Å². The quantitative estimate of drug-likeness (QED) is 0.547. The zero-order chi connectivity index (χ0) is 9.56. The van der Waals surface area contributed by atoms with Gasteiger partial charge in [-0.25, -0.2) is 0 Å². The van der Waals surface area contributed by atoms with E-state index in [9.17, 15) is 4.79 Å². The molecule has 0 bridgehead atoms. The van der Waals surface area contributed by atoms with Crippen molar-refractivity contribution in [2.24, 2.45) is 0 Å². The van der Waals surface area contributed by atoms with Gasteiger partial charge in [-0.15, -0.1) is 0 Å². The Morgan fingerprint density at radius 1 is 1.67 bits per heavy atom. The highest BCUT2D eigenvalue weighted by molar-refractivity contribution is 5.77. The van der Waals surface area contributed by atoms with E-state index < -0.39 is 0 Å². The Morgan fingerprint density at radius 2 is 2.17 bits per heavy atom. The average molecular weight is 167 g/mol. The maximum atomic E-state index is 10.5. The Morgan fingerprint density at radius 3 is 2.25 bits per heavy atom. The van der Waals surface area contributed by atoms with Crippen LogP contribution in [0.25, 0.3) is 0 Å². The van der Waals surface area contributed by atoms with Crippen molar-refractivity contribution in [2.75, 3.05) is 13.6 Å². The first kappa shape index (κ1) is 11.0. The molecular weight excluding hydrogens is 150 g/mol. The van der Waals surface area contributed by atoms with E-state index in [2.05, 4.69) is 13.2 Å². The molecule has 0 aromatic rings. The van der Waals surface area contributed by atoms with E-state index in [4.69, 9.17) is 0 Å². The van der Waals surface area contributed by atoms with Gasteiger partial charge in [0, 0.05) is 20.0 Å². The lowest BCUT2D eigenvalue weighted by Gasteiger charge is -2.03. The third-order valence-electron chi connectivity index (χ3n) is 1.66. The molecule has 0 spiro atoms. The van der Waals surface area contributed by atoms with Crippen LogP contribution in [-0.2, 0) is 4.79 Å². The Hall–Kier alpha value is -1.05. The number of carbonyl (C=O) groups excluding carboxylic acids is 1. The summed E-state index contributed by atoms with van der Waals surface area (Å²) in [6.07, 6.45) is 3.53. The number of likely N-dealkylation sites (tertiary alicyclic amines) is 1. The van der Waals surface area contributed by atoms with Gasteiger partial charge >= 0.3 is 0 Å². The van der Waals surface area contributed by atoms with Crippen molar-refractivity contribution in [2.45, 2.75) is 19.8 Å². The lowest BCUT2D eigenvalue weighted by Crippen LogP contribution is -2.17. The molecule has 1 fully saturated rings. The van der Waals surface area contributed by atoms with Crippen molar-refractivity contribution >= 4 is 5.91 Å². The summed E-state index contributed by atoms with van der Waals surface area (Å²) in [6.45, 7) is 9.88. The summed E-state index contributed by atoms with van der Waals surface area (Å²) < 4.78 is 0. The molecule has 1 amide bonds. The zero-order valence-electron chi connectivity index (χ0n) is 7.97. The zero-order valence-corrected chi connectivity index (χ0v) is 7.97. The number of rotatable bonds is 1. The lowest BCUT2D eigenvalue weighted by molar-refractivity contribution is -0.126. The summed E-state index contributed by atoms with van der Waals surface area (Å²) >= 11 is 0. The molecule has 2 nitrogen and oxygen atoms in total. The van der Waals surface area contributed by atoms with Gasteiger partial charge in [0.2, 0.25) is 5.91 Å². The van der Waals surface area contributed by atoms with Crippen molar-refractivity contribution in [3.63, 3.8) is 0 Å². The van der Waals surface area contributed by atoms with Crippen LogP contribution in [0.4, 0.5) is 0 Å². The molecule has 1 aliphatic heterocycles. The number of amides is 1. The number of hydrogen-bond acceptors (Lipinski definition) is 1. The summed E-state index contributed by atoms with van der Waals surface area (Å²) in [7, 11) is 1.84. The van der Waals surface area contributed by atoms with Gasteiger partial charge in [0.15, 0.2) is 0 Å². The second kappa shape index (κ2) is 5.58. The molecule has 68 valence electrons. The monoisotopic (exact) mass is 167 g/mol. The van der Waals surface area contributed by atoms with Crippen molar-refractivity contribution in [3.05, 3.63) is 24.8 Å². The SMILES string of the molecule is C=CC(=C)C.CN1CCCC1=O.